The largest absolute Gasteiger partial charge is 0.496 e. The Balaban J connectivity index is 1.92. The van der Waals surface area contributed by atoms with Crippen molar-refractivity contribution in [3.05, 3.63) is 100 Å². The highest BCUT2D eigenvalue weighted by Gasteiger charge is 2.35. The number of esters is 1. The number of thiazole rings is 1. The van der Waals surface area contributed by atoms with Crippen LogP contribution in [0.3, 0.4) is 0 Å². The van der Waals surface area contributed by atoms with Crippen LogP contribution in [0.4, 0.5) is 0 Å². The van der Waals surface area contributed by atoms with E-state index in [1.54, 1.807) is 50.7 Å². The van der Waals surface area contributed by atoms with Crippen molar-refractivity contribution in [2.45, 2.75) is 32.9 Å². The number of benzene rings is 2. The minimum Gasteiger partial charge on any atom is -0.496 e. The van der Waals surface area contributed by atoms with E-state index in [4.69, 9.17) is 14.2 Å². The molecule has 0 saturated heterocycles. The molecule has 0 aliphatic carbocycles. The first kappa shape index (κ1) is 28.1. The Bertz CT molecular complexity index is 1620. The molecule has 198 valence electrons. The van der Waals surface area contributed by atoms with E-state index in [-0.39, 0.29) is 11.7 Å². The van der Waals surface area contributed by atoms with Crippen LogP contribution in [-0.2, 0) is 9.53 Å². The van der Waals surface area contributed by atoms with Gasteiger partial charge in [-0.2, -0.15) is 0 Å². The Morgan fingerprint density at radius 1 is 1.21 bits per heavy atom. The lowest BCUT2D eigenvalue weighted by molar-refractivity contribution is -0.143. The average molecular weight is 662 g/mol. The molecule has 7 nitrogen and oxygen atoms in total. The molecule has 1 aliphatic rings. The van der Waals surface area contributed by atoms with Crippen molar-refractivity contribution in [1.29, 1.82) is 0 Å². The summed E-state index contributed by atoms with van der Waals surface area (Å²) in [5.74, 6) is 0.687. The fourth-order valence-corrected chi connectivity index (χ4v) is 6.03. The maximum atomic E-state index is 13.9. The Hall–Kier alpha value is -2.95. The van der Waals surface area contributed by atoms with Gasteiger partial charge in [-0.1, -0.05) is 46.0 Å². The van der Waals surface area contributed by atoms with Crippen molar-refractivity contribution >= 4 is 55.2 Å². The topological polar surface area (TPSA) is 79.1 Å². The van der Waals surface area contributed by atoms with Crippen LogP contribution < -0.4 is 24.4 Å². The van der Waals surface area contributed by atoms with E-state index in [1.807, 2.05) is 30.3 Å². The van der Waals surface area contributed by atoms with Gasteiger partial charge in [-0.3, -0.25) is 9.36 Å². The van der Waals surface area contributed by atoms with Crippen LogP contribution in [0, 0.1) is 0 Å². The van der Waals surface area contributed by atoms with Gasteiger partial charge in [0.2, 0.25) is 0 Å². The second-order valence-corrected chi connectivity index (χ2v) is 11.5. The van der Waals surface area contributed by atoms with Gasteiger partial charge in [-0.25, -0.2) is 9.79 Å². The van der Waals surface area contributed by atoms with E-state index in [9.17, 15) is 9.59 Å². The lowest BCUT2D eigenvalue weighted by Gasteiger charge is -2.26. The highest BCUT2D eigenvalue weighted by molar-refractivity contribution is 9.10. The standard InChI is InChI=1S/C28H26Br2N2O5S/c1-6-11-36-22-9-7-17(12-20(22)30)13-23-26(33)32-25(19-14-18(29)8-10-21(19)35-5)24(27(34)37-15(2)3)16(4)31-28(32)38-23/h6-10,12-15,25H,1,11H2,2-5H3/b23-13-/t25-/m0/s1. The maximum Gasteiger partial charge on any atom is 0.338 e. The number of ether oxygens (including phenoxy) is 3. The molecule has 1 aliphatic heterocycles. The summed E-state index contributed by atoms with van der Waals surface area (Å²) in [5.41, 5.74) is 1.96. The highest BCUT2D eigenvalue weighted by atomic mass is 79.9. The first-order chi connectivity index (χ1) is 18.1. The predicted molar refractivity (Wildman–Crippen MR) is 156 cm³/mol. The minimum absolute atomic E-state index is 0.272. The summed E-state index contributed by atoms with van der Waals surface area (Å²) in [5, 5.41) is 0. The SMILES string of the molecule is C=CCOc1ccc(/C=c2\sc3n(c2=O)[C@@H](c2cc(Br)ccc2OC)C(C(=O)OC(C)C)=C(C)N=3)cc1Br. The van der Waals surface area contributed by atoms with Crippen LogP contribution in [0.25, 0.3) is 6.08 Å². The molecule has 0 N–H and O–H groups in total. The highest BCUT2D eigenvalue weighted by Crippen LogP contribution is 2.37. The summed E-state index contributed by atoms with van der Waals surface area (Å²) in [7, 11) is 1.55. The van der Waals surface area contributed by atoms with Gasteiger partial charge in [0.05, 0.1) is 33.5 Å². The van der Waals surface area contributed by atoms with Crippen LogP contribution >= 0.6 is 43.2 Å². The Kier molecular flexibility index (Phi) is 8.74. The second kappa shape index (κ2) is 11.8. The summed E-state index contributed by atoms with van der Waals surface area (Å²) in [6.07, 6.45) is 3.13. The van der Waals surface area contributed by atoms with E-state index < -0.39 is 12.0 Å². The lowest BCUT2D eigenvalue weighted by atomic mass is 9.95. The average Bonchev–Trinajstić information content (AvgIpc) is 3.16. The van der Waals surface area contributed by atoms with E-state index >= 15 is 0 Å². The smallest absolute Gasteiger partial charge is 0.338 e. The molecule has 1 atom stereocenters. The molecule has 1 aromatic heterocycles. The number of carbonyl (C=O) groups is 1. The molecule has 0 spiro atoms. The fraction of sp³-hybridized carbons (Fsp3) is 0.250. The number of hydrogen-bond donors (Lipinski definition) is 0. The van der Waals surface area contributed by atoms with Crippen molar-refractivity contribution in [3.63, 3.8) is 0 Å². The number of fused-ring (bicyclic) bond motifs is 1. The Labute approximate surface area is 241 Å². The molecule has 2 heterocycles. The van der Waals surface area contributed by atoms with E-state index in [0.717, 1.165) is 14.5 Å². The third kappa shape index (κ3) is 5.72. The Morgan fingerprint density at radius 2 is 1.95 bits per heavy atom. The summed E-state index contributed by atoms with van der Waals surface area (Å²) < 4.78 is 20.4. The zero-order chi connectivity index (χ0) is 27.6. The van der Waals surface area contributed by atoms with Gasteiger partial charge in [0.25, 0.3) is 5.56 Å². The van der Waals surface area contributed by atoms with Crippen molar-refractivity contribution in [2.24, 2.45) is 4.99 Å². The van der Waals surface area contributed by atoms with Gasteiger partial charge in [0.1, 0.15) is 24.1 Å². The summed E-state index contributed by atoms with van der Waals surface area (Å²) in [6, 6.07) is 10.3. The van der Waals surface area contributed by atoms with Gasteiger partial charge >= 0.3 is 5.97 Å². The number of aromatic nitrogens is 1. The molecule has 0 radical (unpaired) electrons. The molecule has 0 amide bonds. The molecule has 2 aromatic carbocycles. The number of hydrogen-bond acceptors (Lipinski definition) is 7. The molecular weight excluding hydrogens is 636 g/mol. The van der Waals surface area contributed by atoms with Crippen LogP contribution in [0.1, 0.15) is 37.9 Å². The molecule has 0 saturated carbocycles. The van der Waals surface area contributed by atoms with Crippen LogP contribution in [0.5, 0.6) is 11.5 Å². The first-order valence-corrected chi connectivity index (χ1v) is 14.1. The van der Waals surface area contributed by atoms with Crippen LogP contribution in [-0.4, -0.2) is 30.4 Å². The predicted octanol–water partition coefficient (Wildman–Crippen LogP) is 5.29. The van der Waals surface area contributed by atoms with Gasteiger partial charge in [0.15, 0.2) is 4.80 Å². The molecular formula is C28H26Br2N2O5S. The van der Waals surface area contributed by atoms with Gasteiger partial charge in [0, 0.05) is 10.0 Å². The lowest BCUT2D eigenvalue weighted by Crippen LogP contribution is -2.40. The normalized spacial score (nSPS) is 15.2. The summed E-state index contributed by atoms with van der Waals surface area (Å²) >= 11 is 8.30. The first-order valence-electron chi connectivity index (χ1n) is 11.7. The third-order valence-corrected chi connectivity index (χ3v) is 7.78. The molecule has 10 heteroatoms. The molecule has 0 unspecified atom stereocenters. The van der Waals surface area contributed by atoms with E-state index in [0.29, 0.717) is 44.3 Å². The van der Waals surface area contributed by atoms with E-state index in [2.05, 4.69) is 43.4 Å². The maximum absolute atomic E-state index is 13.9. The third-order valence-electron chi connectivity index (χ3n) is 5.68. The molecule has 3 aromatic rings. The summed E-state index contributed by atoms with van der Waals surface area (Å²) in [4.78, 5) is 32.3. The van der Waals surface area contributed by atoms with Crippen molar-refractivity contribution < 1.29 is 19.0 Å². The second-order valence-electron chi connectivity index (χ2n) is 8.71. The van der Waals surface area contributed by atoms with Crippen LogP contribution in [0.2, 0.25) is 0 Å². The quantitative estimate of drug-likeness (QED) is 0.242. The van der Waals surface area contributed by atoms with Crippen LogP contribution in [0.15, 0.2) is 79.1 Å². The fourth-order valence-electron chi connectivity index (χ4n) is 4.10. The van der Waals surface area contributed by atoms with Crippen molar-refractivity contribution in [2.75, 3.05) is 13.7 Å². The zero-order valence-electron chi connectivity index (χ0n) is 21.3. The molecule has 0 bridgehead atoms. The minimum atomic E-state index is -0.784. The number of methoxy groups -OCH3 is 1. The monoisotopic (exact) mass is 660 g/mol. The Morgan fingerprint density at radius 3 is 2.61 bits per heavy atom. The zero-order valence-corrected chi connectivity index (χ0v) is 25.3. The van der Waals surface area contributed by atoms with Crippen molar-refractivity contribution in [1.82, 2.24) is 4.57 Å². The summed E-state index contributed by atoms with van der Waals surface area (Å²) in [6.45, 7) is 9.37. The van der Waals surface area contributed by atoms with E-state index in [1.165, 1.54) is 11.3 Å². The van der Waals surface area contributed by atoms with Gasteiger partial charge < -0.3 is 14.2 Å². The van der Waals surface area contributed by atoms with Gasteiger partial charge in [-0.15, -0.1) is 0 Å². The number of nitrogens with zero attached hydrogens (tertiary/aromatic N) is 2. The molecule has 4 rings (SSSR count). The molecule has 38 heavy (non-hydrogen) atoms. The van der Waals surface area contributed by atoms with Gasteiger partial charge in [-0.05, 0) is 78.7 Å². The number of carbonyl (C=O) groups excluding carboxylic acids is 1. The number of rotatable bonds is 8. The number of allylic oxidation sites excluding steroid dienone is 1. The number of halogens is 2. The molecule has 0 fully saturated rings. The van der Waals surface area contributed by atoms with Crippen molar-refractivity contribution in [3.8, 4) is 11.5 Å².